The number of halogens is 1. The van der Waals surface area contributed by atoms with E-state index in [1.165, 1.54) is 12.1 Å². The Morgan fingerprint density at radius 3 is 2.81 bits per heavy atom. The van der Waals surface area contributed by atoms with E-state index in [1.807, 2.05) is 24.3 Å². The number of ether oxygens (including phenoxy) is 2. The second-order valence-corrected chi connectivity index (χ2v) is 4.58. The van der Waals surface area contributed by atoms with Crippen LogP contribution in [0.15, 0.2) is 48.5 Å². The fourth-order valence-corrected chi connectivity index (χ4v) is 2.21. The number of hydrogen-bond donors (Lipinski definition) is 0. The van der Waals surface area contributed by atoms with Gasteiger partial charge in [-0.25, -0.2) is 4.39 Å². The molecule has 1 aliphatic rings. The number of nitrogens with zero attached hydrogens (tertiary/aromatic N) is 1. The molecule has 3 rings (SSSR count). The molecule has 0 bridgehead atoms. The Morgan fingerprint density at radius 2 is 1.95 bits per heavy atom. The van der Waals surface area contributed by atoms with Crippen LogP contribution >= 0.6 is 0 Å². The van der Waals surface area contributed by atoms with Crippen molar-refractivity contribution in [3.8, 4) is 11.5 Å². The highest BCUT2D eigenvalue weighted by Gasteiger charge is 2.23. The molecule has 0 atom stereocenters. The molecule has 0 spiro atoms. The van der Waals surface area contributed by atoms with E-state index in [2.05, 4.69) is 0 Å². The minimum Gasteiger partial charge on any atom is -0.490 e. The van der Waals surface area contributed by atoms with Gasteiger partial charge in [-0.1, -0.05) is 24.3 Å². The van der Waals surface area contributed by atoms with Crippen molar-refractivity contribution < 1.29 is 18.7 Å². The minimum absolute atomic E-state index is 0.0763. The molecule has 2 aromatic carbocycles. The molecule has 0 aliphatic carbocycles. The number of fused-ring (bicyclic) bond motifs is 1. The van der Waals surface area contributed by atoms with Crippen LogP contribution in [0.2, 0.25) is 0 Å². The van der Waals surface area contributed by atoms with Crippen LogP contribution in [0.25, 0.3) is 0 Å². The molecular formula is C16H14FNO3. The van der Waals surface area contributed by atoms with Gasteiger partial charge in [0.1, 0.15) is 12.4 Å². The first-order chi connectivity index (χ1) is 10.3. The summed E-state index contributed by atoms with van der Waals surface area (Å²) in [5.41, 5.74) is 0.714. The van der Waals surface area contributed by atoms with Crippen molar-refractivity contribution in [1.29, 1.82) is 0 Å². The van der Waals surface area contributed by atoms with Gasteiger partial charge in [0.15, 0.2) is 18.2 Å². The Hall–Kier alpha value is -2.56. The number of hydrogen-bond acceptors (Lipinski definition) is 3. The van der Waals surface area contributed by atoms with Crippen LogP contribution in [0.4, 0.5) is 10.1 Å². The first-order valence-electron chi connectivity index (χ1n) is 6.65. The fourth-order valence-electron chi connectivity index (χ4n) is 2.21. The van der Waals surface area contributed by atoms with Gasteiger partial charge >= 0.3 is 0 Å². The molecule has 0 unspecified atom stereocenters. The predicted molar refractivity (Wildman–Crippen MR) is 76.2 cm³/mol. The van der Waals surface area contributed by atoms with Gasteiger partial charge in [0.05, 0.1) is 12.2 Å². The van der Waals surface area contributed by atoms with Crippen LogP contribution in [0.3, 0.4) is 0 Å². The highest BCUT2D eigenvalue weighted by Crippen LogP contribution is 2.31. The van der Waals surface area contributed by atoms with Gasteiger partial charge in [-0.15, -0.1) is 0 Å². The predicted octanol–water partition coefficient (Wildman–Crippen LogP) is 2.63. The summed E-state index contributed by atoms with van der Waals surface area (Å²) in [7, 11) is 0. The molecular weight excluding hydrogens is 273 g/mol. The fraction of sp³-hybridized carbons (Fsp3) is 0.188. The number of para-hydroxylation sites is 3. The highest BCUT2D eigenvalue weighted by atomic mass is 19.1. The first kappa shape index (κ1) is 13.4. The molecule has 5 heteroatoms. The van der Waals surface area contributed by atoms with E-state index in [4.69, 9.17) is 9.47 Å². The average Bonchev–Trinajstić information content (AvgIpc) is 2.53. The summed E-state index contributed by atoms with van der Waals surface area (Å²) in [5.74, 6) is 0.0390. The summed E-state index contributed by atoms with van der Waals surface area (Å²) in [4.78, 5) is 13.9. The van der Waals surface area contributed by atoms with E-state index in [1.54, 1.807) is 17.0 Å². The second kappa shape index (κ2) is 5.83. The first-order valence-corrected chi connectivity index (χ1v) is 6.65. The zero-order valence-corrected chi connectivity index (χ0v) is 11.3. The van der Waals surface area contributed by atoms with Crippen molar-refractivity contribution in [3.63, 3.8) is 0 Å². The maximum Gasteiger partial charge on any atom is 0.265 e. The molecule has 4 nitrogen and oxygen atoms in total. The molecule has 1 aliphatic heterocycles. The molecule has 0 radical (unpaired) electrons. The maximum absolute atomic E-state index is 13.5. The number of amides is 1. The van der Waals surface area contributed by atoms with Crippen molar-refractivity contribution in [2.75, 3.05) is 24.7 Å². The Kier molecular flexibility index (Phi) is 3.73. The zero-order valence-electron chi connectivity index (χ0n) is 11.3. The van der Waals surface area contributed by atoms with Crippen LogP contribution < -0.4 is 14.4 Å². The van der Waals surface area contributed by atoms with Gasteiger partial charge < -0.3 is 14.4 Å². The summed E-state index contributed by atoms with van der Waals surface area (Å²) < 4.78 is 24.2. The van der Waals surface area contributed by atoms with E-state index >= 15 is 0 Å². The monoisotopic (exact) mass is 287 g/mol. The largest absolute Gasteiger partial charge is 0.490 e. The lowest BCUT2D eigenvalue weighted by molar-refractivity contribution is -0.120. The molecule has 1 amide bonds. The molecule has 0 saturated heterocycles. The SMILES string of the molecule is O=C(COc1ccccc1F)N1CCOc2ccccc21. The van der Waals surface area contributed by atoms with Gasteiger partial charge in [-0.05, 0) is 24.3 Å². The van der Waals surface area contributed by atoms with Gasteiger partial charge in [0.2, 0.25) is 0 Å². The van der Waals surface area contributed by atoms with Crippen LogP contribution in [0.1, 0.15) is 0 Å². The van der Waals surface area contributed by atoms with E-state index in [-0.39, 0.29) is 18.3 Å². The van der Waals surface area contributed by atoms with Crippen molar-refractivity contribution in [2.45, 2.75) is 0 Å². The minimum atomic E-state index is -0.479. The molecule has 0 aromatic heterocycles. The van der Waals surface area contributed by atoms with Gasteiger partial charge in [-0.3, -0.25) is 4.79 Å². The second-order valence-electron chi connectivity index (χ2n) is 4.58. The van der Waals surface area contributed by atoms with Gasteiger partial charge in [0, 0.05) is 0 Å². The summed E-state index contributed by atoms with van der Waals surface area (Å²) in [5, 5.41) is 0. The van der Waals surface area contributed by atoms with Crippen LogP contribution in [0, 0.1) is 5.82 Å². The third kappa shape index (κ3) is 2.81. The standard InChI is InChI=1S/C16H14FNO3/c17-12-5-1-3-7-14(12)21-11-16(19)18-9-10-20-15-8-4-2-6-13(15)18/h1-8H,9-11H2. The molecule has 2 aromatic rings. The van der Waals surface area contributed by atoms with Crippen molar-refractivity contribution in [1.82, 2.24) is 0 Å². The summed E-state index contributed by atoms with van der Waals surface area (Å²) >= 11 is 0. The Morgan fingerprint density at radius 1 is 1.19 bits per heavy atom. The lowest BCUT2D eigenvalue weighted by Gasteiger charge is -2.29. The topological polar surface area (TPSA) is 38.8 Å². The number of benzene rings is 2. The molecule has 0 saturated carbocycles. The molecule has 1 heterocycles. The number of carbonyl (C=O) groups is 1. The quantitative estimate of drug-likeness (QED) is 0.871. The molecule has 0 fully saturated rings. The number of anilines is 1. The summed E-state index contributed by atoms with van der Waals surface area (Å²) in [6.45, 7) is 0.675. The lowest BCUT2D eigenvalue weighted by atomic mass is 10.2. The Bertz CT molecular complexity index is 659. The van der Waals surface area contributed by atoms with E-state index in [0.29, 0.717) is 24.6 Å². The van der Waals surface area contributed by atoms with Crippen molar-refractivity contribution in [3.05, 3.63) is 54.3 Å². The highest BCUT2D eigenvalue weighted by molar-refractivity contribution is 5.96. The third-order valence-electron chi connectivity index (χ3n) is 3.22. The van der Waals surface area contributed by atoms with Crippen LogP contribution in [0.5, 0.6) is 11.5 Å². The Balaban J connectivity index is 1.71. The summed E-state index contributed by atoms with van der Waals surface area (Å²) in [6, 6.07) is 13.3. The third-order valence-corrected chi connectivity index (χ3v) is 3.22. The van der Waals surface area contributed by atoms with Crippen molar-refractivity contribution >= 4 is 11.6 Å². The normalized spacial score (nSPS) is 13.3. The van der Waals surface area contributed by atoms with Gasteiger partial charge in [0.25, 0.3) is 5.91 Å². The van der Waals surface area contributed by atoms with E-state index < -0.39 is 5.82 Å². The summed E-state index contributed by atoms with van der Waals surface area (Å²) in [6.07, 6.45) is 0. The number of rotatable bonds is 3. The maximum atomic E-state index is 13.5. The molecule has 108 valence electrons. The van der Waals surface area contributed by atoms with E-state index in [9.17, 15) is 9.18 Å². The number of carbonyl (C=O) groups excluding carboxylic acids is 1. The van der Waals surface area contributed by atoms with Crippen LogP contribution in [-0.4, -0.2) is 25.7 Å². The average molecular weight is 287 g/mol. The molecule has 21 heavy (non-hydrogen) atoms. The lowest BCUT2D eigenvalue weighted by Crippen LogP contribution is -2.40. The van der Waals surface area contributed by atoms with E-state index in [0.717, 1.165) is 0 Å². The molecule has 0 N–H and O–H groups in total. The Labute approximate surface area is 121 Å². The zero-order chi connectivity index (χ0) is 14.7. The van der Waals surface area contributed by atoms with Crippen LogP contribution in [-0.2, 0) is 4.79 Å². The van der Waals surface area contributed by atoms with Crippen molar-refractivity contribution in [2.24, 2.45) is 0 Å². The smallest absolute Gasteiger partial charge is 0.265 e. The van der Waals surface area contributed by atoms with Gasteiger partial charge in [-0.2, -0.15) is 0 Å².